The van der Waals surface area contributed by atoms with Crippen molar-refractivity contribution in [3.05, 3.63) is 48.4 Å². The number of rotatable bonds is 5. The average molecular weight is 470 g/mol. The van der Waals surface area contributed by atoms with E-state index >= 15 is 0 Å². The van der Waals surface area contributed by atoms with Crippen molar-refractivity contribution in [1.29, 1.82) is 0 Å². The summed E-state index contributed by atoms with van der Waals surface area (Å²) in [4.78, 5) is 14.7. The molecule has 3 aromatic heterocycles. The van der Waals surface area contributed by atoms with Crippen LogP contribution in [0, 0.1) is 5.92 Å². The van der Waals surface area contributed by atoms with E-state index in [2.05, 4.69) is 15.3 Å². The molecule has 0 bridgehead atoms. The summed E-state index contributed by atoms with van der Waals surface area (Å²) < 4.78 is 48.0. The number of pyridine rings is 1. The lowest BCUT2D eigenvalue weighted by molar-refractivity contribution is -0.141. The molecule has 0 unspecified atom stereocenters. The minimum absolute atomic E-state index is 0.0693. The molecule has 1 saturated carbocycles. The number of carbonyl (C=O) groups is 1. The normalized spacial score (nSPS) is 18.8. The molecule has 1 aromatic carbocycles. The molecule has 0 saturated heterocycles. The van der Waals surface area contributed by atoms with Crippen molar-refractivity contribution < 1.29 is 22.7 Å². The molecule has 0 spiro atoms. The Morgan fingerprint density at radius 2 is 1.88 bits per heavy atom. The number of halogens is 3. The minimum Gasteiger partial charge on any atom is -0.494 e. The maximum atomic E-state index is 13.0. The highest BCUT2D eigenvalue weighted by Crippen LogP contribution is 2.34. The van der Waals surface area contributed by atoms with Gasteiger partial charge >= 0.3 is 6.18 Å². The van der Waals surface area contributed by atoms with Gasteiger partial charge in [-0.3, -0.25) is 4.68 Å². The molecule has 1 aliphatic carbocycles. The van der Waals surface area contributed by atoms with E-state index in [0.717, 1.165) is 48.9 Å². The van der Waals surface area contributed by atoms with E-state index in [9.17, 15) is 18.0 Å². The number of methoxy groups -OCH3 is 1. The maximum Gasteiger partial charge on any atom is 0.433 e. The van der Waals surface area contributed by atoms with Crippen LogP contribution in [-0.2, 0) is 11.0 Å². The highest BCUT2D eigenvalue weighted by atomic mass is 19.4. The Morgan fingerprint density at radius 1 is 1.09 bits per heavy atom. The number of fused-ring (bicyclic) bond motifs is 1. The molecular formula is C23H21F3N6O2. The molecule has 0 aliphatic heterocycles. The average Bonchev–Trinajstić information content (AvgIpc) is 3.50. The maximum absolute atomic E-state index is 13.0. The largest absolute Gasteiger partial charge is 0.494 e. The summed E-state index contributed by atoms with van der Waals surface area (Å²) in [7, 11) is 1.52. The van der Waals surface area contributed by atoms with E-state index in [1.165, 1.54) is 30.1 Å². The van der Waals surface area contributed by atoms with Gasteiger partial charge in [0.25, 0.3) is 0 Å². The van der Waals surface area contributed by atoms with Gasteiger partial charge in [-0.25, -0.2) is 9.67 Å². The fourth-order valence-corrected chi connectivity index (χ4v) is 4.33. The van der Waals surface area contributed by atoms with Gasteiger partial charge in [-0.1, -0.05) is 11.3 Å². The van der Waals surface area contributed by atoms with Crippen molar-refractivity contribution in [2.45, 2.75) is 37.9 Å². The van der Waals surface area contributed by atoms with E-state index in [4.69, 9.17) is 9.84 Å². The van der Waals surface area contributed by atoms with E-state index in [1.54, 1.807) is 6.07 Å². The summed E-state index contributed by atoms with van der Waals surface area (Å²) in [6.07, 6.45) is 3.43. The molecule has 8 nitrogen and oxygen atoms in total. The third kappa shape index (κ3) is 4.13. The van der Waals surface area contributed by atoms with E-state index < -0.39 is 11.9 Å². The zero-order valence-corrected chi connectivity index (χ0v) is 18.2. The molecule has 176 valence electrons. The van der Waals surface area contributed by atoms with Crippen LogP contribution < -0.4 is 4.74 Å². The Balaban J connectivity index is 1.47. The van der Waals surface area contributed by atoms with Gasteiger partial charge in [0.05, 0.1) is 30.6 Å². The number of alkyl halides is 3. The number of hydrogen-bond acceptors (Lipinski definition) is 6. The molecule has 5 rings (SSSR count). The first kappa shape index (κ1) is 22.1. The lowest BCUT2D eigenvalue weighted by atomic mass is 9.87. The van der Waals surface area contributed by atoms with Gasteiger partial charge in [0.2, 0.25) is 0 Å². The number of benzene rings is 1. The topological polar surface area (TPSA) is 87.7 Å². The van der Waals surface area contributed by atoms with Crippen molar-refractivity contribution in [2.75, 3.05) is 7.11 Å². The van der Waals surface area contributed by atoms with Crippen LogP contribution in [0.5, 0.6) is 5.75 Å². The van der Waals surface area contributed by atoms with Crippen LogP contribution in [0.3, 0.4) is 0 Å². The Bertz CT molecular complexity index is 1340. The number of aromatic nitrogens is 6. The van der Waals surface area contributed by atoms with Crippen LogP contribution in [-0.4, -0.2) is 43.2 Å². The van der Waals surface area contributed by atoms with Crippen LogP contribution in [0.2, 0.25) is 0 Å². The molecule has 11 heteroatoms. The number of aldehydes is 1. The predicted molar refractivity (Wildman–Crippen MR) is 116 cm³/mol. The zero-order valence-electron chi connectivity index (χ0n) is 18.2. The summed E-state index contributed by atoms with van der Waals surface area (Å²) in [5.74, 6) is 0.622. The quantitative estimate of drug-likeness (QED) is 0.395. The number of carbonyl (C=O) groups excluding carboxylic acids is 1. The minimum atomic E-state index is -4.55. The smallest absolute Gasteiger partial charge is 0.433 e. The monoisotopic (exact) mass is 470 g/mol. The molecule has 1 aliphatic rings. The fraction of sp³-hybridized carbons (Fsp3) is 0.348. The third-order valence-electron chi connectivity index (χ3n) is 6.17. The van der Waals surface area contributed by atoms with Gasteiger partial charge in [0, 0.05) is 23.6 Å². The van der Waals surface area contributed by atoms with Gasteiger partial charge < -0.3 is 9.53 Å². The molecule has 0 N–H and O–H groups in total. The van der Waals surface area contributed by atoms with Crippen LogP contribution >= 0.6 is 0 Å². The number of nitrogens with zero attached hydrogens (tertiary/aromatic N) is 6. The highest BCUT2D eigenvalue weighted by Gasteiger charge is 2.32. The Kier molecular flexibility index (Phi) is 5.54. The van der Waals surface area contributed by atoms with Crippen molar-refractivity contribution in [1.82, 2.24) is 29.8 Å². The molecule has 3 heterocycles. The second-order valence-corrected chi connectivity index (χ2v) is 8.35. The number of ether oxygens (including phenoxy) is 1. The van der Waals surface area contributed by atoms with Crippen molar-refractivity contribution in [2.24, 2.45) is 5.92 Å². The van der Waals surface area contributed by atoms with E-state index in [-0.39, 0.29) is 23.3 Å². The van der Waals surface area contributed by atoms with Crippen LogP contribution in [0.1, 0.15) is 37.4 Å². The van der Waals surface area contributed by atoms with Crippen molar-refractivity contribution >= 4 is 17.2 Å². The molecule has 4 aromatic rings. The Hall–Kier alpha value is -3.76. The van der Waals surface area contributed by atoms with Crippen molar-refractivity contribution in [3.63, 3.8) is 0 Å². The van der Waals surface area contributed by atoms with Gasteiger partial charge in [-0.2, -0.15) is 18.3 Å². The Labute approximate surface area is 192 Å². The van der Waals surface area contributed by atoms with Gasteiger partial charge in [-0.15, -0.1) is 5.10 Å². The summed E-state index contributed by atoms with van der Waals surface area (Å²) in [5.41, 5.74) is 0.604. The second-order valence-electron chi connectivity index (χ2n) is 8.35. The molecule has 1 fully saturated rings. The first-order valence-electron chi connectivity index (χ1n) is 10.9. The predicted octanol–water partition coefficient (Wildman–Crippen LogP) is 4.64. The summed E-state index contributed by atoms with van der Waals surface area (Å²) in [6.45, 7) is 0. The molecule has 0 radical (unpaired) electrons. The Morgan fingerprint density at radius 3 is 2.59 bits per heavy atom. The molecule has 34 heavy (non-hydrogen) atoms. The van der Waals surface area contributed by atoms with Crippen molar-refractivity contribution in [3.8, 4) is 22.8 Å². The number of hydrogen-bond donors (Lipinski definition) is 0. The van der Waals surface area contributed by atoms with E-state index in [0.29, 0.717) is 11.4 Å². The van der Waals surface area contributed by atoms with Gasteiger partial charge in [0.1, 0.15) is 29.1 Å². The van der Waals surface area contributed by atoms with Crippen LogP contribution in [0.15, 0.2) is 42.7 Å². The molecule has 0 amide bonds. The molecular weight excluding hydrogens is 449 g/mol. The summed E-state index contributed by atoms with van der Waals surface area (Å²) in [5, 5.41) is 13.7. The fourth-order valence-electron chi connectivity index (χ4n) is 4.33. The first-order chi connectivity index (χ1) is 16.4. The zero-order chi connectivity index (χ0) is 23.9. The lowest BCUT2D eigenvalue weighted by Crippen LogP contribution is -2.19. The van der Waals surface area contributed by atoms with Gasteiger partial charge in [-0.05, 0) is 43.9 Å². The first-order valence-corrected chi connectivity index (χ1v) is 10.9. The summed E-state index contributed by atoms with van der Waals surface area (Å²) >= 11 is 0. The highest BCUT2D eigenvalue weighted by molar-refractivity contribution is 5.83. The van der Waals surface area contributed by atoms with Gasteiger partial charge in [0.15, 0.2) is 0 Å². The lowest BCUT2D eigenvalue weighted by Gasteiger charge is -2.25. The molecule has 0 atom stereocenters. The summed E-state index contributed by atoms with van der Waals surface area (Å²) in [6, 6.07) is 7.52. The second kappa shape index (κ2) is 8.54. The van der Waals surface area contributed by atoms with E-state index in [1.807, 2.05) is 16.9 Å². The third-order valence-corrected chi connectivity index (χ3v) is 6.17. The standard InChI is InChI=1S/C23H21F3N6O2/c1-34-21-10-18-15(11-31(29-18)16-7-5-14(13-33)6-8-16)9-20(21)32-12-19(28-30-32)17-3-2-4-22(27-17)23(24,25)26/h2-4,9-14,16H,5-8H2,1H3. The van der Waals surface area contributed by atoms with Crippen LogP contribution in [0.4, 0.5) is 13.2 Å². The SMILES string of the molecule is COc1cc2nn(C3CCC(C=O)CC3)cc2cc1-n1cc(-c2cccc(C(F)(F)F)n2)nn1. The van der Waals surface area contributed by atoms with Crippen LogP contribution in [0.25, 0.3) is 28.0 Å².